The predicted molar refractivity (Wildman–Crippen MR) is 105 cm³/mol. The van der Waals surface area contributed by atoms with Crippen molar-refractivity contribution in [2.75, 3.05) is 6.61 Å². The van der Waals surface area contributed by atoms with Gasteiger partial charge in [0.1, 0.15) is 5.60 Å². The van der Waals surface area contributed by atoms with Crippen LogP contribution >= 0.6 is 0 Å². The molecule has 0 spiro atoms. The highest BCUT2D eigenvalue weighted by atomic mass is 16.7. The standard InChI is InChI=1S/C19H33BN2O5/c1-9-10-11-12-24-15-14(20-26-18(5,6)19(7,8)27-20)13-22(21-15)16(23)25-17(2,3)4/h13H,9-12H2,1-8H3. The van der Waals surface area contributed by atoms with Crippen LogP contribution < -0.4 is 10.2 Å². The van der Waals surface area contributed by atoms with E-state index in [4.69, 9.17) is 18.8 Å². The minimum atomic E-state index is -0.660. The lowest BCUT2D eigenvalue weighted by Crippen LogP contribution is -2.41. The second-order valence-electron chi connectivity index (χ2n) is 8.96. The lowest BCUT2D eigenvalue weighted by molar-refractivity contribution is 0.00578. The molecular formula is C19H33BN2O5. The molecule has 0 aliphatic carbocycles. The van der Waals surface area contributed by atoms with Gasteiger partial charge >= 0.3 is 13.2 Å². The Morgan fingerprint density at radius 3 is 2.30 bits per heavy atom. The summed E-state index contributed by atoms with van der Waals surface area (Å²) in [6.07, 6.45) is 4.09. The number of rotatable bonds is 6. The summed E-state index contributed by atoms with van der Waals surface area (Å²) >= 11 is 0. The summed E-state index contributed by atoms with van der Waals surface area (Å²) in [5.41, 5.74) is -1.01. The third kappa shape index (κ3) is 5.26. The van der Waals surface area contributed by atoms with Crippen LogP contribution in [0.4, 0.5) is 4.79 Å². The lowest BCUT2D eigenvalue weighted by Gasteiger charge is -2.32. The van der Waals surface area contributed by atoms with Crippen LogP contribution in [0.5, 0.6) is 5.88 Å². The molecule has 1 aliphatic heterocycles. The van der Waals surface area contributed by atoms with Gasteiger partial charge in [0.25, 0.3) is 0 Å². The second kappa shape index (κ2) is 7.83. The fourth-order valence-electron chi connectivity index (χ4n) is 2.54. The smallest absolute Gasteiger partial charge is 0.477 e. The van der Waals surface area contributed by atoms with Crippen molar-refractivity contribution < 1.29 is 23.6 Å². The fourth-order valence-corrected chi connectivity index (χ4v) is 2.54. The van der Waals surface area contributed by atoms with E-state index in [0.717, 1.165) is 23.9 Å². The molecule has 0 unspecified atom stereocenters. The van der Waals surface area contributed by atoms with Gasteiger partial charge in [0.05, 0.1) is 23.3 Å². The molecule has 2 rings (SSSR count). The largest absolute Gasteiger partial charge is 0.502 e. The zero-order chi connectivity index (χ0) is 20.5. The molecule has 0 N–H and O–H groups in total. The van der Waals surface area contributed by atoms with Crippen molar-refractivity contribution >= 4 is 18.7 Å². The minimum Gasteiger partial charge on any atom is -0.477 e. The highest BCUT2D eigenvalue weighted by molar-refractivity contribution is 6.63. The van der Waals surface area contributed by atoms with E-state index < -0.39 is 30.0 Å². The molecule has 1 saturated heterocycles. The van der Waals surface area contributed by atoms with Crippen molar-refractivity contribution in [3.63, 3.8) is 0 Å². The molecule has 0 saturated carbocycles. The molecule has 0 aromatic carbocycles. The van der Waals surface area contributed by atoms with E-state index >= 15 is 0 Å². The Balaban J connectivity index is 2.26. The first-order valence-electron chi connectivity index (χ1n) is 9.67. The molecule has 152 valence electrons. The molecule has 1 aromatic heterocycles. The monoisotopic (exact) mass is 380 g/mol. The third-order valence-corrected chi connectivity index (χ3v) is 4.78. The van der Waals surface area contributed by atoms with E-state index in [9.17, 15) is 4.79 Å². The SMILES string of the molecule is CCCCCOc1nn(C(=O)OC(C)(C)C)cc1B1OC(C)(C)C(C)(C)O1. The average molecular weight is 380 g/mol. The molecule has 1 aromatic rings. The summed E-state index contributed by atoms with van der Waals surface area (Å²) in [7, 11) is -0.660. The maximum atomic E-state index is 12.4. The Bertz CT molecular complexity index is 648. The van der Waals surface area contributed by atoms with Crippen LogP contribution in [0.15, 0.2) is 6.20 Å². The Kier molecular flexibility index (Phi) is 6.31. The summed E-state index contributed by atoms with van der Waals surface area (Å²) in [5.74, 6) is 0.343. The topological polar surface area (TPSA) is 71.8 Å². The van der Waals surface area contributed by atoms with E-state index in [1.54, 1.807) is 6.20 Å². The maximum absolute atomic E-state index is 12.4. The number of hydrogen-bond acceptors (Lipinski definition) is 6. The van der Waals surface area contributed by atoms with Gasteiger partial charge in [-0.15, -0.1) is 5.10 Å². The summed E-state index contributed by atoms with van der Waals surface area (Å²) in [6.45, 7) is 16.0. The number of nitrogens with zero attached hydrogens (tertiary/aromatic N) is 2. The van der Waals surface area contributed by atoms with Crippen molar-refractivity contribution in [3.05, 3.63) is 6.20 Å². The molecule has 0 bridgehead atoms. The van der Waals surface area contributed by atoms with Crippen LogP contribution in [0.1, 0.15) is 74.7 Å². The highest BCUT2D eigenvalue weighted by Crippen LogP contribution is 2.37. The van der Waals surface area contributed by atoms with Gasteiger partial charge in [0.2, 0.25) is 5.88 Å². The van der Waals surface area contributed by atoms with E-state index in [1.165, 1.54) is 0 Å². The first kappa shape index (κ1) is 21.8. The molecular weight excluding hydrogens is 347 g/mol. The lowest BCUT2D eigenvalue weighted by atomic mass is 9.81. The normalized spacial score (nSPS) is 18.6. The summed E-state index contributed by atoms with van der Waals surface area (Å²) < 4.78 is 24.6. The van der Waals surface area contributed by atoms with Crippen LogP contribution in [0.25, 0.3) is 0 Å². The Morgan fingerprint density at radius 2 is 1.78 bits per heavy atom. The quantitative estimate of drug-likeness (QED) is 0.555. The summed E-state index contributed by atoms with van der Waals surface area (Å²) in [5, 5.41) is 4.29. The first-order chi connectivity index (χ1) is 12.4. The van der Waals surface area contributed by atoms with Crippen LogP contribution in [0.3, 0.4) is 0 Å². The van der Waals surface area contributed by atoms with E-state index in [2.05, 4.69) is 12.0 Å². The number of unbranched alkanes of at least 4 members (excludes halogenated alkanes) is 2. The van der Waals surface area contributed by atoms with Crippen molar-refractivity contribution in [3.8, 4) is 5.88 Å². The Labute approximate surface area is 162 Å². The number of hydrogen-bond donors (Lipinski definition) is 0. The molecule has 8 heteroatoms. The van der Waals surface area contributed by atoms with Gasteiger partial charge in [-0.3, -0.25) is 0 Å². The zero-order valence-electron chi connectivity index (χ0n) is 17.9. The minimum absolute atomic E-state index is 0.343. The second-order valence-corrected chi connectivity index (χ2v) is 8.96. The van der Waals surface area contributed by atoms with Gasteiger partial charge in [0, 0.05) is 6.20 Å². The van der Waals surface area contributed by atoms with Gasteiger partial charge in [-0.05, 0) is 54.9 Å². The zero-order valence-corrected chi connectivity index (χ0v) is 17.9. The van der Waals surface area contributed by atoms with Crippen LogP contribution in [0.2, 0.25) is 0 Å². The Hall–Kier alpha value is -1.54. The molecule has 7 nitrogen and oxygen atoms in total. The molecule has 0 radical (unpaired) electrons. The van der Waals surface area contributed by atoms with Crippen molar-refractivity contribution in [1.29, 1.82) is 0 Å². The summed E-state index contributed by atoms with van der Waals surface area (Å²) in [4.78, 5) is 12.4. The molecule has 0 atom stereocenters. The number of aromatic nitrogens is 2. The van der Waals surface area contributed by atoms with Crippen molar-refractivity contribution in [1.82, 2.24) is 9.78 Å². The van der Waals surface area contributed by atoms with Gasteiger partial charge in [-0.25, -0.2) is 4.79 Å². The van der Waals surface area contributed by atoms with Gasteiger partial charge < -0.3 is 18.8 Å². The highest BCUT2D eigenvalue weighted by Gasteiger charge is 2.53. The molecule has 27 heavy (non-hydrogen) atoms. The van der Waals surface area contributed by atoms with Crippen LogP contribution in [-0.2, 0) is 14.0 Å². The van der Waals surface area contributed by atoms with E-state index in [1.807, 2.05) is 48.5 Å². The average Bonchev–Trinajstić information content (AvgIpc) is 3.01. The van der Waals surface area contributed by atoms with Crippen LogP contribution in [-0.4, -0.2) is 46.4 Å². The molecule has 2 heterocycles. The number of carbonyl (C=O) groups excluding carboxylic acids is 1. The molecule has 0 amide bonds. The van der Waals surface area contributed by atoms with Crippen molar-refractivity contribution in [2.45, 2.75) is 91.5 Å². The maximum Gasteiger partial charge on any atom is 0.502 e. The van der Waals surface area contributed by atoms with Crippen molar-refractivity contribution in [2.24, 2.45) is 0 Å². The first-order valence-corrected chi connectivity index (χ1v) is 9.67. The Morgan fingerprint density at radius 1 is 1.19 bits per heavy atom. The van der Waals surface area contributed by atoms with Gasteiger partial charge in [-0.1, -0.05) is 19.8 Å². The van der Waals surface area contributed by atoms with E-state index in [-0.39, 0.29) is 0 Å². The molecule has 1 fully saturated rings. The number of ether oxygens (including phenoxy) is 2. The third-order valence-electron chi connectivity index (χ3n) is 4.78. The fraction of sp³-hybridized carbons (Fsp3) is 0.789. The van der Waals surface area contributed by atoms with E-state index in [0.29, 0.717) is 17.9 Å². The summed E-state index contributed by atoms with van der Waals surface area (Å²) in [6, 6.07) is 0. The predicted octanol–water partition coefficient (Wildman–Crippen LogP) is 3.53. The number of carbonyl (C=O) groups is 1. The molecule has 1 aliphatic rings. The van der Waals surface area contributed by atoms with Gasteiger partial charge in [-0.2, -0.15) is 4.68 Å². The van der Waals surface area contributed by atoms with Gasteiger partial charge in [0.15, 0.2) is 0 Å². The van der Waals surface area contributed by atoms with Crippen LogP contribution in [0, 0.1) is 0 Å².